The third-order valence-corrected chi connectivity index (χ3v) is 4.93. The summed E-state index contributed by atoms with van der Waals surface area (Å²) in [6.07, 6.45) is 8.01. The summed E-state index contributed by atoms with van der Waals surface area (Å²) in [5, 5.41) is 0. The normalized spacial score (nSPS) is 21.4. The molecule has 2 aliphatic rings. The summed E-state index contributed by atoms with van der Waals surface area (Å²) >= 11 is 0. The minimum absolute atomic E-state index is 0.202. The Bertz CT molecular complexity index is 518. The van der Waals surface area contributed by atoms with E-state index in [0.29, 0.717) is 12.1 Å². The second-order valence-electron chi connectivity index (χ2n) is 6.63. The van der Waals surface area contributed by atoms with Crippen LogP contribution in [0, 0.1) is 6.92 Å². The van der Waals surface area contributed by atoms with Crippen molar-refractivity contribution in [1.82, 2.24) is 19.8 Å². The van der Waals surface area contributed by atoms with Gasteiger partial charge < -0.3 is 9.64 Å². The summed E-state index contributed by atoms with van der Waals surface area (Å²) < 4.78 is 5.89. The lowest BCUT2D eigenvalue weighted by Gasteiger charge is -2.41. The van der Waals surface area contributed by atoms with Crippen molar-refractivity contribution in [3.8, 4) is 6.01 Å². The minimum atomic E-state index is 0.202. The van der Waals surface area contributed by atoms with Gasteiger partial charge in [0.25, 0.3) is 0 Å². The Kier molecular flexibility index (Phi) is 5.10. The molecule has 3 rings (SSSR count). The molecule has 1 amide bonds. The van der Waals surface area contributed by atoms with Crippen molar-refractivity contribution >= 4 is 5.91 Å². The lowest BCUT2D eigenvalue weighted by Crippen LogP contribution is -2.49. The van der Waals surface area contributed by atoms with E-state index in [1.54, 1.807) is 19.3 Å². The summed E-state index contributed by atoms with van der Waals surface area (Å²) in [5.74, 6) is 0.202. The number of carbonyl (C=O) groups excluding carboxylic acids is 1. The van der Waals surface area contributed by atoms with E-state index in [-0.39, 0.29) is 12.0 Å². The first kappa shape index (κ1) is 16.2. The first-order chi connectivity index (χ1) is 11.1. The summed E-state index contributed by atoms with van der Waals surface area (Å²) in [5.41, 5.74) is 1.05. The number of likely N-dealkylation sites (tertiary alicyclic amines) is 2. The van der Waals surface area contributed by atoms with Crippen molar-refractivity contribution in [2.24, 2.45) is 0 Å². The van der Waals surface area contributed by atoms with Crippen molar-refractivity contribution in [3.05, 3.63) is 18.0 Å². The van der Waals surface area contributed by atoms with Crippen LogP contribution in [-0.2, 0) is 4.79 Å². The number of aromatic nitrogens is 2. The Morgan fingerprint density at radius 3 is 2.26 bits per heavy atom. The van der Waals surface area contributed by atoms with Crippen LogP contribution in [0.1, 0.15) is 38.2 Å². The standard InChI is InChI=1S/C17H26N4O2/c1-13-11-18-17(19-12-13)23-16-5-9-21(10-6-16)15-3-7-20(8-4-15)14(2)22/h11-12,15-16H,3-10H2,1-2H3. The Hall–Kier alpha value is -1.69. The molecular formula is C17H26N4O2. The van der Waals surface area contributed by atoms with Gasteiger partial charge in [0.05, 0.1) is 0 Å². The molecule has 1 aromatic heterocycles. The van der Waals surface area contributed by atoms with Gasteiger partial charge >= 0.3 is 6.01 Å². The van der Waals surface area contributed by atoms with Gasteiger partial charge in [-0.15, -0.1) is 0 Å². The lowest BCUT2D eigenvalue weighted by molar-refractivity contribution is -0.130. The van der Waals surface area contributed by atoms with Crippen molar-refractivity contribution in [1.29, 1.82) is 0 Å². The first-order valence-electron chi connectivity index (χ1n) is 8.56. The molecule has 0 bridgehead atoms. The highest BCUT2D eigenvalue weighted by molar-refractivity contribution is 5.73. The highest BCUT2D eigenvalue weighted by Gasteiger charge is 2.29. The quantitative estimate of drug-likeness (QED) is 0.848. The summed E-state index contributed by atoms with van der Waals surface area (Å²) in [7, 11) is 0. The average molecular weight is 318 g/mol. The number of aryl methyl sites for hydroxylation is 1. The Morgan fingerprint density at radius 2 is 1.70 bits per heavy atom. The number of nitrogens with zero attached hydrogens (tertiary/aromatic N) is 4. The average Bonchev–Trinajstić information content (AvgIpc) is 2.58. The van der Waals surface area contributed by atoms with Gasteiger partial charge in [-0.1, -0.05) is 0 Å². The number of amides is 1. The molecule has 3 heterocycles. The molecule has 0 radical (unpaired) electrons. The molecular weight excluding hydrogens is 292 g/mol. The van der Waals surface area contributed by atoms with E-state index in [0.717, 1.165) is 57.4 Å². The van der Waals surface area contributed by atoms with Crippen molar-refractivity contribution in [2.75, 3.05) is 26.2 Å². The van der Waals surface area contributed by atoms with E-state index in [1.807, 2.05) is 11.8 Å². The summed E-state index contributed by atoms with van der Waals surface area (Å²) in [6, 6.07) is 1.10. The predicted molar refractivity (Wildman–Crippen MR) is 87.3 cm³/mol. The van der Waals surface area contributed by atoms with Crippen molar-refractivity contribution in [2.45, 2.75) is 51.7 Å². The molecule has 1 aromatic rings. The maximum atomic E-state index is 11.4. The maximum absolute atomic E-state index is 11.4. The van der Waals surface area contributed by atoms with E-state index in [1.165, 1.54) is 0 Å². The van der Waals surface area contributed by atoms with Gasteiger partial charge in [-0.2, -0.15) is 0 Å². The second kappa shape index (κ2) is 7.25. The Morgan fingerprint density at radius 1 is 1.09 bits per heavy atom. The second-order valence-corrected chi connectivity index (χ2v) is 6.63. The van der Waals surface area contributed by atoms with Crippen LogP contribution in [0.2, 0.25) is 0 Å². The van der Waals surface area contributed by atoms with E-state index in [4.69, 9.17) is 4.74 Å². The van der Waals surface area contributed by atoms with Gasteiger partial charge in [-0.05, 0) is 38.2 Å². The third-order valence-electron chi connectivity index (χ3n) is 4.93. The monoisotopic (exact) mass is 318 g/mol. The predicted octanol–water partition coefficient (Wildman–Crippen LogP) is 1.64. The molecule has 2 fully saturated rings. The molecule has 126 valence electrons. The smallest absolute Gasteiger partial charge is 0.316 e. The number of rotatable bonds is 3. The third kappa shape index (κ3) is 4.19. The van der Waals surface area contributed by atoms with Crippen LogP contribution in [0.15, 0.2) is 12.4 Å². The maximum Gasteiger partial charge on any atom is 0.316 e. The zero-order valence-electron chi connectivity index (χ0n) is 14.1. The van der Waals surface area contributed by atoms with Gasteiger partial charge in [0.15, 0.2) is 0 Å². The van der Waals surface area contributed by atoms with Crippen LogP contribution < -0.4 is 4.74 Å². The zero-order valence-corrected chi connectivity index (χ0v) is 14.1. The largest absolute Gasteiger partial charge is 0.460 e. The molecule has 2 aliphatic heterocycles. The number of carbonyl (C=O) groups is 1. The van der Waals surface area contributed by atoms with Gasteiger partial charge in [0, 0.05) is 51.5 Å². The molecule has 0 aliphatic carbocycles. The van der Waals surface area contributed by atoms with E-state index in [9.17, 15) is 4.79 Å². The molecule has 0 spiro atoms. The van der Waals surface area contributed by atoms with E-state index < -0.39 is 0 Å². The molecule has 0 aromatic carbocycles. The van der Waals surface area contributed by atoms with Gasteiger partial charge in [0.1, 0.15) is 6.10 Å². The molecule has 6 nitrogen and oxygen atoms in total. The molecule has 0 saturated carbocycles. The van der Waals surface area contributed by atoms with Crippen LogP contribution in [0.4, 0.5) is 0 Å². The number of hydrogen-bond donors (Lipinski definition) is 0. The Balaban J connectivity index is 1.43. The van der Waals surface area contributed by atoms with E-state index >= 15 is 0 Å². The molecule has 0 N–H and O–H groups in total. The minimum Gasteiger partial charge on any atom is -0.460 e. The molecule has 23 heavy (non-hydrogen) atoms. The molecule has 6 heteroatoms. The number of ether oxygens (including phenoxy) is 1. The summed E-state index contributed by atoms with van der Waals surface area (Å²) in [6.45, 7) is 7.54. The van der Waals surface area contributed by atoms with Gasteiger partial charge in [-0.3, -0.25) is 9.69 Å². The van der Waals surface area contributed by atoms with E-state index in [2.05, 4.69) is 14.9 Å². The van der Waals surface area contributed by atoms with Crippen molar-refractivity contribution in [3.63, 3.8) is 0 Å². The fourth-order valence-electron chi connectivity index (χ4n) is 3.50. The molecule has 2 saturated heterocycles. The summed E-state index contributed by atoms with van der Waals surface area (Å²) in [4.78, 5) is 24.4. The first-order valence-corrected chi connectivity index (χ1v) is 8.56. The highest BCUT2D eigenvalue weighted by Crippen LogP contribution is 2.22. The van der Waals surface area contributed by atoms with Crippen LogP contribution in [0.25, 0.3) is 0 Å². The van der Waals surface area contributed by atoms with Crippen LogP contribution in [-0.4, -0.2) is 64.0 Å². The number of piperidine rings is 2. The molecule has 0 unspecified atom stereocenters. The zero-order chi connectivity index (χ0) is 16.2. The van der Waals surface area contributed by atoms with Crippen LogP contribution in [0.5, 0.6) is 6.01 Å². The highest BCUT2D eigenvalue weighted by atomic mass is 16.5. The lowest BCUT2D eigenvalue weighted by atomic mass is 9.99. The van der Waals surface area contributed by atoms with Gasteiger partial charge in [0.2, 0.25) is 5.91 Å². The van der Waals surface area contributed by atoms with Crippen LogP contribution in [0.3, 0.4) is 0 Å². The fourth-order valence-corrected chi connectivity index (χ4v) is 3.50. The Labute approximate surface area is 137 Å². The SMILES string of the molecule is CC(=O)N1CCC(N2CCC(Oc3ncc(C)cn3)CC2)CC1. The van der Waals surface area contributed by atoms with Gasteiger partial charge in [-0.25, -0.2) is 9.97 Å². The number of hydrogen-bond acceptors (Lipinski definition) is 5. The van der Waals surface area contributed by atoms with Crippen LogP contribution >= 0.6 is 0 Å². The molecule has 0 atom stereocenters. The van der Waals surface area contributed by atoms with Crippen molar-refractivity contribution < 1.29 is 9.53 Å². The fraction of sp³-hybridized carbons (Fsp3) is 0.706. The topological polar surface area (TPSA) is 58.6 Å².